The number of carbonyl (C=O) groups is 1. The van der Waals surface area contributed by atoms with Gasteiger partial charge in [0.25, 0.3) is 0 Å². The minimum absolute atomic E-state index is 0.355. The zero-order valence-electron chi connectivity index (χ0n) is 15.2. The van der Waals surface area contributed by atoms with Crippen molar-refractivity contribution in [1.29, 1.82) is 0 Å². The first-order chi connectivity index (χ1) is 12.6. The van der Waals surface area contributed by atoms with Gasteiger partial charge in [0.2, 0.25) is 0 Å². The van der Waals surface area contributed by atoms with Gasteiger partial charge < -0.3 is 9.47 Å². The summed E-state index contributed by atoms with van der Waals surface area (Å²) in [6.07, 6.45) is 2.02. The van der Waals surface area contributed by atoms with Crippen LogP contribution in [0.2, 0.25) is 0 Å². The molecular weight excluding hydrogens is 328 g/mol. The number of rotatable bonds is 6. The normalized spacial score (nSPS) is 11.8. The van der Waals surface area contributed by atoms with Gasteiger partial charge in [-0.25, -0.2) is 4.79 Å². The molecule has 0 saturated heterocycles. The molecule has 0 N–H and O–H groups in total. The highest BCUT2D eigenvalue weighted by Crippen LogP contribution is 2.25. The monoisotopic (exact) mass is 350 g/mol. The molecular formula is C21H22N2O3. The zero-order valence-corrected chi connectivity index (χ0v) is 15.2. The van der Waals surface area contributed by atoms with Gasteiger partial charge in [-0.2, -0.15) is 5.10 Å². The van der Waals surface area contributed by atoms with Crippen molar-refractivity contribution in [3.63, 3.8) is 0 Å². The van der Waals surface area contributed by atoms with Gasteiger partial charge in [-0.3, -0.25) is 4.68 Å². The van der Waals surface area contributed by atoms with Crippen molar-refractivity contribution in [3.8, 4) is 11.5 Å². The van der Waals surface area contributed by atoms with Crippen LogP contribution < -0.4 is 4.74 Å². The zero-order chi connectivity index (χ0) is 18.5. The minimum Gasteiger partial charge on any atom is -0.457 e. The van der Waals surface area contributed by atoms with E-state index in [1.165, 1.54) is 0 Å². The summed E-state index contributed by atoms with van der Waals surface area (Å²) in [5, 5.41) is 4.28. The van der Waals surface area contributed by atoms with Crippen LogP contribution in [0.3, 0.4) is 0 Å². The Morgan fingerprint density at radius 1 is 1.08 bits per heavy atom. The van der Waals surface area contributed by atoms with Crippen LogP contribution in [-0.2, 0) is 18.2 Å². The summed E-state index contributed by atoms with van der Waals surface area (Å²) in [4.78, 5) is 12.4. The van der Waals surface area contributed by atoms with Crippen molar-refractivity contribution < 1.29 is 14.3 Å². The molecule has 0 spiro atoms. The van der Waals surface area contributed by atoms with Gasteiger partial charge in [0.1, 0.15) is 23.2 Å². The molecule has 0 bridgehead atoms. The fourth-order valence-electron chi connectivity index (χ4n) is 2.69. The van der Waals surface area contributed by atoms with Crippen LogP contribution in [0.1, 0.15) is 41.6 Å². The maximum Gasteiger partial charge on any atom is 0.342 e. The quantitative estimate of drug-likeness (QED) is 0.605. The van der Waals surface area contributed by atoms with E-state index in [-0.39, 0.29) is 12.1 Å². The van der Waals surface area contributed by atoms with Crippen molar-refractivity contribution in [2.45, 2.75) is 26.4 Å². The molecule has 0 radical (unpaired) electrons. The highest BCUT2D eigenvalue weighted by atomic mass is 16.5. The Balaban J connectivity index is 1.66. The Kier molecular flexibility index (Phi) is 5.37. The lowest BCUT2D eigenvalue weighted by Crippen LogP contribution is -2.10. The van der Waals surface area contributed by atoms with E-state index < -0.39 is 0 Å². The molecule has 1 unspecified atom stereocenters. The van der Waals surface area contributed by atoms with E-state index in [0.29, 0.717) is 12.0 Å². The molecule has 1 heterocycles. The van der Waals surface area contributed by atoms with E-state index in [4.69, 9.17) is 9.47 Å². The van der Waals surface area contributed by atoms with Gasteiger partial charge in [0.15, 0.2) is 0 Å². The van der Waals surface area contributed by atoms with E-state index in [9.17, 15) is 4.79 Å². The number of para-hydroxylation sites is 1. The highest BCUT2D eigenvalue weighted by Gasteiger charge is 2.19. The molecule has 5 nitrogen and oxygen atoms in total. The number of hydrogen-bond donors (Lipinski definition) is 0. The third-order valence-corrected chi connectivity index (χ3v) is 4.07. The number of esters is 1. The topological polar surface area (TPSA) is 53.4 Å². The Morgan fingerprint density at radius 2 is 1.73 bits per heavy atom. The molecule has 2 aromatic carbocycles. The molecule has 0 amide bonds. The van der Waals surface area contributed by atoms with E-state index in [1.54, 1.807) is 17.9 Å². The first-order valence-corrected chi connectivity index (χ1v) is 8.63. The first kappa shape index (κ1) is 17.7. The van der Waals surface area contributed by atoms with E-state index in [2.05, 4.69) is 5.10 Å². The van der Waals surface area contributed by atoms with E-state index in [0.717, 1.165) is 22.8 Å². The Labute approximate surface area is 153 Å². The third kappa shape index (κ3) is 4.11. The first-order valence-electron chi connectivity index (χ1n) is 8.63. The van der Waals surface area contributed by atoms with Crippen molar-refractivity contribution in [3.05, 3.63) is 77.6 Å². The summed E-state index contributed by atoms with van der Waals surface area (Å²) < 4.78 is 13.0. The Morgan fingerprint density at radius 3 is 2.38 bits per heavy atom. The third-order valence-electron chi connectivity index (χ3n) is 4.07. The van der Waals surface area contributed by atoms with Gasteiger partial charge in [-0.05, 0) is 43.2 Å². The summed E-state index contributed by atoms with van der Waals surface area (Å²) in [5.41, 5.74) is 2.17. The number of hydrogen-bond acceptors (Lipinski definition) is 4. The fourth-order valence-corrected chi connectivity index (χ4v) is 2.69. The number of carbonyl (C=O) groups excluding carboxylic acids is 1. The molecule has 5 heteroatoms. The van der Waals surface area contributed by atoms with Gasteiger partial charge in [0.05, 0.1) is 5.69 Å². The summed E-state index contributed by atoms with van der Waals surface area (Å²) in [7, 11) is 1.80. The number of nitrogens with zero attached hydrogens (tertiary/aromatic N) is 2. The summed E-state index contributed by atoms with van der Waals surface area (Å²) in [6.45, 7) is 3.82. The second-order valence-electron chi connectivity index (χ2n) is 6.05. The second kappa shape index (κ2) is 7.87. The van der Waals surface area contributed by atoms with Crippen LogP contribution in [-0.4, -0.2) is 15.7 Å². The smallest absolute Gasteiger partial charge is 0.342 e. The molecule has 1 aromatic heterocycles. The lowest BCUT2D eigenvalue weighted by molar-refractivity contribution is 0.0336. The molecule has 0 aliphatic rings. The molecule has 134 valence electrons. The second-order valence-corrected chi connectivity index (χ2v) is 6.05. The predicted molar refractivity (Wildman–Crippen MR) is 99.4 cm³/mol. The molecule has 0 saturated carbocycles. The molecule has 0 aliphatic heterocycles. The van der Waals surface area contributed by atoms with Gasteiger partial charge in [-0.1, -0.05) is 37.3 Å². The number of benzene rings is 2. The van der Waals surface area contributed by atoms with Gasteiger partial charge in [0, 0.05) is 13.2 Å². The average molecular weight is 350 g/mol. The van der Waals surface area contributed by atoms with Crippen LogP contribution in [0.25, 0.3) is 0 Å². The molecule has 3 rings (SSSR count). The minimum atomic E-state index is -0.363. The lowest BCUT2D eigenvalue weighted by atomic mass is 10.1. The largest absolute Gasteiger partial charge is 0.457 e. The maximum atomic E-state index is 12.4. The predicted octanol–water partition coefficient (Wildman–Crippen LogP) is 4.69. The molecule has 0 aliphatic carbocycles. The van der Waals surface area contributed by atoms with Gasteiger partial charge >= 0.3 is 5.97 Å². The van der Waals surface area contributed by atoms with Crippen LogP contribution in [0.4, 0.5) is 0 Å². The summed E-state index contributed by atoms with van der Waals surface area (Å²) in [6, 6.07) is 17.1. The Bertz CT molecular complexity index is 870. The van der Waals surface area contributed by atoms with Crippen molar-refractivity contribution >= 4 is 5.97 Å². The van der Waals surface area contributed by atoms with Crippen molar-refractivity contribution in [2.24, 2.45) is 7.05 Å². The average Bonchev–Trinajstić information content (AvgIpc) is 3.04. The number of aryl methyl sites for hydroxylation is 2. The lowest BCUT2D eigenvalue weighted by Gasteiger charge is -2.14. The maximum absolute atomic E-state index is 12.4. The van der Waals surface area contributed by atoms with Crippen LogP contribution in [0, 0.1) is 0 Å². The fraction of sp³-hybridized carbons (Fsp3) is 0.238. The number of aromatic nitrogens is 2. The van der Waals surface area contributed by atoms with E-state index >= 15 is 0 Å². The molecule has 0 fully saturated rings. The molecule has 1 atom stereocenters. The highest BCUT2D eigenvalue weighted by molar-refractivity contribution is 5.90. The number of ether oxygens (including phenoxy) is 2. The van der Waals surface area contributed by atoms with Gasteiger partial charge in [-0.15, -0.1) is 0 Å². The van der Waals surface area contributed by atoms with Crippen molar-refractivity contribution in [1.82, 2.24) is 9.78 Å². The Hall–Kier alpha value is -3.08. The standard InChI is InChI=1S/C21H22N2O3/c1-4-20-19(14-23(3)22-20)21(24)25-15(2)16-10-12-18(13-11-16)26-17-8-6-5-7-9-17/h5-15H,4H2,1-3H3. The van der Waals surface area contributed by atoms with Crippen LogP contribution in [0.15, 0.2) is 60.8 Å². The summed E-state index contributed by atoms with van der Waals surface area (Å²) >= 11 is 0. The van der Waals surface area contributed by atoms with Crippen LogP contribution in [0.5, 0.6) is 11.5 Å². The molecule has 26 heavy (non-hydrogen) atoms. The van der Waals surface area contributed by atoms with Crippen LogP contribution >= 0.6 is 0 Å². The van der Waals surface area contributed by atoms with Crippen molar-refractivity contribution in [2.75, 3.05) is 0 Å². The summed E-state index contributed by atoms with van der Waals surface area (Å²) in [5.74, 6) is 1.16. The molecule has 3 aromatic rings. The van der Waals surface area contributed by atoms with E-state index in [1.807, 2.05) is 68.4 Å². The SMILES string of the molecule is CCc1nn(C)cc1C(=O)OC(C)c1ccc(Oc2ccccc2)cc1.